The van der Waals surface area contributed by atoms with Gasteiger partial charge in [-0.25, -0.2) is 0 Å². The summed E-state index contributed by atoms with van der Waals surface area (Å²) in [6.45, 7) is 1.25. The Labute approximate surface area is 132 Å². The predicted molar refractivity (Wildman–Crippen MR) is 80.7 cm³/mol. The minimum atomic E-state index is 0.318. The molecular weight excluding hydrogens is 321 g/mol. The molecule has 0 spiro atoms. The zero-order valence-electron chi connectivity index (χ0n) is 10.9. The first-order valence-corrected chi connectivity index (χ1v) is 7.34. The second-order valence-corrected chi connectivity index (χ2v) is 5.32. The second kappa shape index (κ2) is 7.27. The first kappa shape index (κ1) is 15.6. The van der Waals surface area contributed by atoms with Crippen LogP contribution in [0, 0.1) is 0 Å². The van der Waals surface area contributed by atoms with Crippen LogP contribution in [0.1, 0.15) is 17.2 Å². The molecule has 0 N–H and O–H groups in total. The highest BCUT2D eigenvalue weighted by Gasteiger charge is 2.12. The van der Waals surface area contributed by atoms with Crippen LogP contribution >= 0.6 is 34.8 Å². The lowest BCUT2D eigenvalue weighted by atomic mass is 10.1. The third-order valence-electron chi connectivity index (χ3n) is 2.89. The lowest BCUT2D eigenvalue weighted by molar-refractivity contribution is 0.185. The Kier molecular flexibility index (Phi) is 5.66. The van der Waals surface area contributed by atoms with Crippen molar-refractivity contribution in [2.75, 3.05) is 13.7 Å². The molecule has 0 aliphatic rings. The molecule has 108 valence electrons. The lowest BCUT2D eigenvalue weighted by Gasteiger charge is -2.09. The summed E-state index contributed by atoms with van der Waals surface area (Å²) in [7, 11) is 1.66. The van der Waals surface area contributed by atoms with Crippen molar-refractivity contribution in [1.29, 1.82) is 0 Å². The van der Waals surface area contributed by atoms with Crippen molar-refractivity contribution in [3.05, 3.63) is 45.5 Å². The number of alkyl halides is 1. The standard InChI is InChI=1S/C13H14Cl3N3O/c1-20-5-4-19-12(17-18-13(19)8-14)7-9-2-3-10(15)11(16)6-9/h2-3,6H,4-5,7-8H2,1H3. The monoisotopic (exact) mass is 333 g/mol. The van der Waals surface area contributed by atoms with Gasteiger partial charge in [0.2, 0.25) is 0 Å². The highest BCUT2D eigenvalue weighted by atomic mass is 35.5. The van der Waals surface area contributed by atoms with E-state index in [2.05, 4.69) is 10.2 Å². The number of hydrogen-bond donors (Lipinski definition) is 0. The molecule has 2 aromatic rings. The van der Waals surface area contributed by atoms with Gasteiger partial charge in [-0.05, 0) is 17.7 Å². The molecule has 1 aromatic heterocycles. The van der Waals surface area contributed by atoms with Crippen molar-refractivity contribution in [2.45, 2.75) is 18.8 Å². The number of methoxy groups -OCH3 is 1. The number of halogens is 3. The van der Waals surface area contributed by atoms with Gasteiger partial charge in [-0.1, -0.05) is 29.3 Å². The van der Waals surface area contributed by atoms with E-state index in [1.165, 1.54) is 0 Å². The predicted octanol–water partition coefficient (Wildman–Crippen LogP) is 3.56. The third-order valence-corrected chi connectivity index (χ3v) is 3.87. The number of hydrogen-bond acceptors (Lipinski definition) is 3. The summed E-state index contributed by atoms with van der Waals surface area (Å²) < 4.78 is 7.07. The Bertz CT molecular complexity index is 586. The fraction of sp³-hybridized carbons (Fsp3) is 0.385. The van der Waals surface area contributed by atoms with E-state index in [1.807, 2.05) is 16.7 Å². The van der Waals surface area contributed by atoms with Crippen molar-refractivity contribution < 1.29 is 4.74 Å². The molecule has 0 saturated carbocycles. The normalized spacial score (nSPS) is 11.0. The van der Waals surface area contributed by atoms with Gasteiger partial charge in [0.1, 0.15) is 11.6 Å². The number of ether oxygens (including phenoxy) is 1. The van der Waals surface area contributed by atoms with Gasteiger partial charge in [-0.15, -0.1) is 21.8 Å². The largest absolute Gasteiger partial charge is 0.383 e. The summed E-state index contributed by atoms with van der Waals surface area (Å²) >= 11 is 17.8. The quantitative estimate of drug-likeness (QED) is 0.758. The van der Waals surface area contributed by atoms with Gasteiger partial charge in [0.05, 0.1) is 22.5 Å². The van der Waals surface area contributed by atoms with Crippen LogP contribution in [0.2, 0.25) is 10.0 Å². The molecule has 4 nitrogen and oxygen atoms in total. The van der Waals surface area contributed by atoms with E-state index in [-0.39, 0.29) is 0 Å². The van der Waals surface area contributed by atoms with Gasteiger partial charge in [0.15, 0.2) is 0 Å². The van der Waals surface area contributed by atoms with Crippen LogP contribution in [0.5, 0.6) is 0 Å². The van der Waals surface area contributed by atoms with E-state index >= 15 is 0 Å². The van der Waals surface area contributed by atoms with Crippen LogP contribution in [-0.4, -0.2) is 28.5 Å². The van der Waals surface area contributed by atoms with Gasteiger partial charge in [-0.3, -0.25) is 0 Å². The number of rotatable bonds is 6. The van der Waals surface area contributed by atoms with Gasteiger partial charge in [-0.2, -0.15) is 0 Å². The minimum absolute atomic E-state index is 0.318. The van der Waals surface area contributed by atoms with Crippen LogP contribution in [0.25, 0.3) is 0 Å². The van der Waals surface area contributed by atoms with Gasteiger partial charge >= 0.3 is 0 Å². The van der Waals surface area contributed by atoms with E-state index < -0.39 is 0 Å². The summed E-state index contributed by atoms with van der Waals surface area (Å²) in [5.41, 5.74) is 1.02. The molecule has 0 bridgehead atoms. The Morgan fingerprint density at radius 2 is 1.90 bits per heavy atom. The zero-order chi connectivity index (χ0) is 14.5. The number of benzene rings is 1. The SMILES string of the molecule is COCCn1c(CCl)nnc1Cc1ccc(Cl)c(Cl)c1. The van der Waals surface area contributed by atoms with Crippen molar-refractivity contribution >= 4 is 34.8 Å². The molecule has 0 aliphatic heterocycles. The van der Waals surface area contributed by atoms with E-state index in [4.69, 9.17) is 39.5 Å². The third kappa shape index (κ3) is 3.64. The zero-order valence-corrected chi connectivity index (χ0v) is 13.2. The van der Waals surface area contributed by atoms with E-state index in [9.17, 15) is 0 Å². The first-order valence-electron chi connectivity index (χ1n) is 6.05. The summed E-state index contributed by atoms with van der Waals surface area (Å²) in [4.78, 5) is 0. The van der Waals surface area contributed by atoms with E-state index in [0.29, 0.717) is 35.5 Å². The highest BCUT2D eigenvalue weighted by Crippen LogP contribution is 2.23. The smallest absolute Gasteiger partial charge is 0.148 e. The molecule has 1 aromatic carbocycles. The summed E-state index contributed by atoms with van der Waals surface area (Å²) in [5.74, 6) is 1.88. The van der Waals surface area contributed by atoms with Crippen LogP contribution in [-0.2, 0) is 23.6 Å². The average molecular weight is 335 g/mol. The lowest BCUT2D eigenvalue weighted by Crippen LogP contribution is -2.11. The Hall–Kier alpha value is -0.810. The maximum absolute atomic E-state index is 6.02. The average Bonchev–Trinajstić information content (AvgIpc) is 2.82. The van der Waals surface area contributed by atoms with Gasteiger partial charge < -0.3 is 9.30 Å². The first-order chi connectivity index (χ1) is 9.65. The molecule has 0 radical (unpaired) electrons. The van der Waals surface area contributed by atoms with Gasteiger partial charge in [0, 0.05) is 20.1 Å². The highest BCUT2D eigenvalue weighted by molar-refractivity contribution is 6.42. The van der Waals surface area contributed by atoms with Crippen molar-refractivity contribution in [3.8, 4) is 0 Å². The summed E-state index contributed by atoms with van der Waals surface area (Å²) in [6, 6.07) is 5.53. The molecule has 0 saturated heterocycles. The van der Waals surface area contributed by atoms with Crippen molar-refractivity contribution in [1.82, 2.24) is 14.8 Å². The van der Waals surface area contributed by atoms with Crippen LogP contribution in [0.3, 0.4) is 0 Å². The summed E-state index contributed by atoms with van der Waals surface area (Å²) in [6.07, 6.45) is 0.616. The Morgan fingerprint density at radius 3 is 2.55 bits per heavy atom. The maximum atomic E-state index is 6.02. The number of aromatic nitrogens is 3. The Balaban J connectivity index is 2.23. The van der Waals surface area contributed by atoms with E-state index in [0.717, 1.165) is 17.2 Å². The molecule has 0 atom stereocenters. The van der Waals surface area contributed by atoms with Crippen molar-refractivity contribution in [2.24, 2.45) is 0 Å². The fourth-order valence-corrected chi connectivity index (χ4v) is 2.39. The topological polar surface area (TPSA) is 39.9 Å². The van der Waals surface area contributed by atoms with Gasteiger partial charge in [0.25, 0.3) is 0 Å². The molecule has 0 unspecified atom stereocenters. The van der Waals surface area contributed by atoms with Crippen LogP contribution < -0.4 is 0 Å². The fourth-order valence-electron chi connectivity index (χ4n) is 1.87. The molecule has 20 heavy (non-hydrogen) atoms. The maximum Gasteiger partial charge on any atom is 0.148 e. The molecule has 0 amide bonds. The molecule has 7 heteroatoms. The van der Waals surface area contributed by atoms with Crippen LogP contribution in [0.15, 0.2) is 18.2 Å². The Morgan fingerprint density at radius 1 is 1.15 bits per heavy atom. The molecule has 0 aliphatic carbocycles. The summed E-state index contributed by atoms with van der Waals surface area (Å²) in [5, 5.41) is 9.35. The molecule has 1 heterocycles. The molecule has 2 rings (SSSR count). The van der Waals surface area contributed by atoms with Crippen LogP contribution in [0.4, 0.5) is 0 Å². The van der Waals surface area contributed by atoms with Crippen molar-refractivity contribution in [3.63, 3.8) is 0 Å². The molecular formula is C13H14Cl3N3O. The minimum Gasteiger partial charge on any atom is -0.383 e. The number of nitrogens with zero attached hydrogens (tertiary/aromatic N) is 3. The van der Waals surface area contributed by atoms with E-state index in [1.54, 1.807) is 13.2 Å². The second-order valence-electron chi connectivity index (χ2n) is 4.24. The molecule has 0 fully saturated rings.